The molecule has 2 heterocycles. The van der Waals surface area contributed by atoms with Crippen molar-refractivity contribution in [2.24, 2.45) is 0 Å². The van der Waals surface area contributed by atoms with Crippen LogP contribution < -0.4 is 11.0 Å². The fourth-order valence-electron chi connectivity index (χ4n) is 1.24. The van der Waals surface area contributed by atoms with Crippen LogP contribution in [0.25, 0.3) is 0 Å². The summed E-state index contributed by atoms with van der Waals surface area (Å²) in [4.78, 5) is 25.8. The largest absolute Gasteiger partial charge is 0.349 e. The summed E-state index contributed by atoms with van der Waals surface area (Å²) >= 11 is 0. The van der Waals surface area contributed by atoms with Gasteiger partial charge in [0, 0.05) is 6.20 Å². The number of nitrogens with zero attached hydrogens (tertiary/aromatic N) is 2. The van der Waals surface area contributed by atoms with Crippen molar-refractivity contribution >= 4 is 11.7 Å². The maximum atomic E-state index is 11.1. The maximum Gasteiger partial charge on any atom is 0.349 e. The van der Waals surface area contributed by atoms with Crippen LogP contribution in [0, 0.1) is 0 Å². The third-order valence-electron chi connectivity index (χ3n) is 1.90. The maximum absolute atomic E-state index is 11.1. The number of hydrogen-bond acceptors (Lipinski definition) is 3. The van der Waals surface area contributed by atoms with Gasteiger partial charge < -0.3 is 5.32 Å². The minimum atomic E-state index is -0.443. The number of nitrogens with one attached hydrogen (secondary N) is 1. The Kier molecular flexibility index (Phi) is 1.27. The summed E-state index contributed by atoms with van der Waals surface area (Å²) in [6, 6.07) is 1.16. The van der Waals surface area contributed by atoms with Crippen molar-refractivity contribution in [2.75, 3.05) is 5.32 Å². The molecule has 1 aromatic heterocycles. The lowest BCUT2D eigenvalue weighted by Crippen LogP contribution is -2.23. The SMILES string of the molecule is CC1C(=O)Nc2ccnc(=O)n21. The average molecular weight is 165 g/mol. The Morgan fingerprint density at radius 1 is 1.58 bits per heavy atom. The lowest BCUT2D eigenvalue weighted by molar-refractivity contribution is -0.117. The second-order valence-electron chi connectivity index (χ2n) is 2.65. The lowest BCUT2D eigenvalue weighted by Gasteiger charge is -2.01. The Morgan fingerprint density at radius 2 is 2.33 bits per heavy atom. The number of carbonyl (C=O) groups excluding carboxylic acids is 1. The molecule has 0 aromatic carbocycles. The first-order chi connectivity index (χ1) is 5.70. The van der Waals surface area contributed by atoms with Crippen LogP contribution in [0.5, 0.6) is 0 Å². The van der Waals surface area contributed by atoms with Gasteiger partial charge >= 0.3 is 5.69 Å². The van der Waals surface area contributed by atoms with E-state index in [4.69, 9.17) is 0 Å². The molecule has 1 aliphatic heterocycles. The van der Waals surface area contributed by atoms with E-state index in [2.05, 4.69) is 10.3 Å². The number of rotatable bonds is 0. The zero-order valence-corrected chi connectivity index (χ0v) is 6.44. The molecule has 0 aliphatic carbocycles. The first-order valence-electron chi connectivity index (χ1n) is 3.58. The van der Waals surface area contributed by atoms with E-state index in [-0.39, 0.29) is 5.91 Å². The Bertz CT molecular complexity index is 396. The summed E-state index contributed by atoms with van der Waals surface area (Å²) in [5.41, 5.74) is -0.390. The minimum absolute atomic E-state index is 0.167. The number of amides is 1. The highest BCUT2D eigenvalue weighted by atomic mass is 16.2. The van der Waals surface area contributed by atoms with Gasteiger partial charge in [0.05, 0.1) is 0 Å². The number of fused-ring (bicyclic) bond motifs is 1. The molecule has 0 fully saturated rings. The van der Waals surface area contributed by atoms with Gasteiger partial charge in [-0.2, -0.15) is 0 Å². The molecule has 1 atom stereocenters. The molecule has 1 N–H and O–H groups in total. The van der Waals surface area contributed by atoms with Crippen LogP contribution in [0.15, 0.2) is 17.1 Å². The van der Waals surface area contributed by atoms with E-state index in [0.717, 1.165) is 0 Å². The Hall–Kier alpha value is -1.65. The normalized spacial score (nSPS) is 20.4. The van der Waals surface area contributed by atoms with E-state index in [1.807, 2.05) is 0 Å². The van der Waals surface area contributed by atoms with Gasteiger partial charge in [0.25, 0.3) is 0 Å². The van der Waals surface area contributed by atoms with Crippen molar-refractivity contribution in [3.8, 4) is 0 Å². The number of carbonyl (C=O) groups is 1. The molecule has 1 aromatic rings. The topological polar surface area (TPSA) is 64.0 Å². The summed E-state index contributed by atoms with van der Waals surface area (Å²) in [5, 5.41) is 2.57. The van der Waals surface area contributed by atoms with Gasteiger partial charge in [-0.25, -0.2) is 9.78 Å². The smallest absolute Gasteiger partial charge is 0.310 e. The molecule has 0 radical (unpaired) electrons. The number of hydrogen-bond donors (Lipinski definition) is 1. The van der Waals surface area contributed by atoms with Gasteiger partial charge in [0.1, 0.15) is 11.9 Å². The summed E-state index contributed by atoms with van der Waals surface area (Å²) in [7, 11) is 0. The van der Waals surface area contributed by atoms with Crippen molar-refractivity contribution in [3.05, 3.63) is 22.7 Å². The fourth-order valence-corrected chi connectivity index (χ4v) is 1.24. The predicted octanol–water partition coefficient (Wildman–Crippen LogP) is -0.244. The van der Waals surface area contributed by atoms with Crippen molar-refractivity contribution in [1.82, 2.24) is 9.55 Å². The molecule has 2 rings (SSSR count). The van der Waals surface area contributed by atoms with Gasteiger partial charge in [0.15, 0.2) is 0 Å². The predicted molar refractivity (Wildman–Crippen MR) is 41.8 cm³/mol. The molecule has 0 spiro atoms. The highest BCUT2D eigenvalue weighted by molar-refractivity contribution is 5.96. The Balaban J connectivity index is 2.70. The van der Waals surface area contributed by atoms with Gasteiger partial charge in [-0.1, -0.05) is 0 Å². The van der Waals surface area contributed by atoms with Crippen LogP contribution in [-0.2, 0) is 4.79 Å². The van der Waals surface area contributed by atoms with Crippen LogP contribution >= 0.6 is 0 Å². The van der Waals surface area contributed by atoms with E-state index in [0.29, 0.717) is 5.82 Å². The third kappa shape index (κ3) is 0.761. The van der Waals surface area contributed by atoms with Crippen LogP contribution in [0.2, 0.25) is 0 Å². The summed E-state index contributed by atoms with van der Waals surface area (Å²) in [6.07, 6.45) is 1.38. The van der Waals surface area contributed by atoms with Crippen LogP contribution in [-0.4, -0.2) is 15.5 Å². The van der Waals surface area contributed by atoms with E-state index in [1.165, 1.54) is 10.8 Å². The van der Waals surface area contributed by atoms with E-state index in [1.54, 1.807) is 13.0 Å². The summed E-state index contributed by atoms with van der Waals surface area (Å²) < 4.78 is 1.34. The molecule has 0 bridgehead atoms. The molecule has 12 heavy (non-hydrogen) atoms. The number of aromatic nitrogens is 2. The van der Waals surface area contributed by atoms with E-state index in [9.17, 15) is 9.59 Å². The minimum Gasteiger partial charge on any atom is -0.310 e. The monoisotopic (exact) mass is 165 g/mol. The highest BCUT2D eigenvalue weighted by Crippen LogP contribution is 2.19. The molecule has 1 amide bonds. The average Bonchev–Trinajstić information content (AvgIpc) is 2.29. The lowest BCUT2D eigenvalue weighted by atomic mass is 10.3. The van der Waals surface area contributed by atoms with Crippen molar-refractivity contribution in [2.45, 2.75) is 13.0 Å². The molecule has 0 saturated carbocycles. The van der Waals surface area contributed by atoms with Crippen LogP contribution in [0.1, 0.15) is 13.0 Å². The van der Waals surface area contributed by atoms with Crippen molar-refractivity contribution in [3.63, 3.8) is 0 Å². The van der Waals surface area contributed by atoms with E-state index < -0.39 is 11.7 Å². The Morgan fingerprint density at radius 3 is 3.00 bits per heavy atom. The molecular formula is C7H7N3O2. The first kappa shape index (κ1) is 7.02. The highest BCUT2D eigenvalue weighted by Gasteiger charge is 2.26. The van der Waals surface area contributed by atoms with Gasteiger partial charge in [-0.05, 0) is 13.0 Å². The third-order valence-corrected chi connectivity index (χ3v) is 1.90. The standard InChI is InChI=1S/C7H7N3O2/c1-4-6(11)9-5-2-3-8-7(12)10(4)5/h2-4H,1H3,(H,9,11). The molecular weight excluding hydrogens is 158 g/mol. The Labute approximate surface area is 68.0 Å². The quantitative estimate of drug-likeness (QED) is 0.576. The molecule has 62 valence electrons. The van der Waals surface area contributed by atoms with Crippen molar-refractivity contribution in [1.29, 1.82) is 0 Å². The zero-order chi connectivity index (χ0) is 8.72. The molecule has 5 heteroatoms. The second kappa shape index (κ2) is 2.17. The van der Waals surface area contributed by atoms with Crippen LogP contribution in [0.3, 0.4) is 0 Å². The summed E-state index contributed by atoms with van der Waals surface area (Å²) in [5.74, 6) is 0.354. The van der Waals surface area contributed by atoms with Crippen molar-refractivity contribution < 1.29 is 4.79 Å². The zero-order valence-electron chi connectivity index (χ0n) is 6.44. The van der Waals surface area contributed by atoms with Gasteiger partial charge in [0.2, 0.25) is 5.91 Å². The second-order valence-corrected chi connectivity index (χ2v) is 2.65. The van der Waals surface area contributed by atoms with Crippen LogP contribution in [0.4, 0.5) is 5.82 Å². The molecule has 0 saturated heterocycles. The molecule has 1 unspecified atom stereocenters. The first-order valence-corrected chi connectivity index (χ1v) is 3.58. The molecule has 1 aliphatic rings. The summed E-state index contributed by atoms with van der Waals surface area (Å²) in [6.45, 7) is 1.66. The fraction of sp³-hybridized carbons (Fsp3) is 0.286. The van der Waals surface area contributed by atoms with Gasteiger partial charge in [-0.3, -0.25) is 9.36 Å². The molecule has 5 nitrogen and oxygen atoms in total. The van der Waals surface area contributed by atoms with Gasteiger partial charge in [-0.15, -0.1) is 0 Å². The van der Waals surface area contributed by atoms with E-state index >= 15 is 0 Å². The number of anilines is 1.